The normalized spacial score (nSPS) is 10.8. The number of benzene rings is 3. The van der Waals surface area contributed by atoms with E-state index in [-0.39, 0.29) is 11.7 Å². The van der Waals surface area contributed by atoms with E-state index < -0.39 is 0 Å². The Kier molecular flexibility index (Phi) is 4.42. The smallest absolute Gasteiger partial charge is 0.287 e. The Labute approximate surface area is 155 Å². The van der Waals surface area contributed by atoms with Crippen molar-refractivity contribution in [2.45, 2.75) is 6.54 Å². The van der Waals surface area contributed by atoms with Gasteiger partial charge in [-0.25, -0.2) is 4.98 Å². The molecule has 1 heterocycles. The number of imidazole rings is 1. The number of halogens is 1. The molecule has 0 spiro atoms. The molecule has 0 saturated carbocycles. The number of nitrogens with one attached hydrogen (secondary N) is 2. The van der Waals surface area contributed by atoms with Crippen LogP contribution in [0, 0.1) is 0 Å². The highest BCUT2D eigenvalue weighted by atomic mass is 35.5. The first-order valence-corrected chi connectivity index (χ1v) is 8.66. The molecule has 1 amide bonds. The molecule has 4 aromatic rings. The molecule has 0 aliphatic heterocycles. The number of hydrogen-bond acceptors (Lipinski definition) is 2. The summed E-state index contributed by atoms with van der Waals surface area (Å²) in [7, 11) is 0. The first kappa shape index (κ1) is 16.4. The fourth-order valence-corrected chi connectivity index (χ4v) is 3.09. The minimum atomic E-state index is -0.264. The van der Waals surface area contributed by atoms with Crippen molar-refractivity contribution in [2.24, 2.45) is 0 Å². The predicted molar refractivity (Wildman–Crippen MR) is 104 cm³/mol. The number of hydrogen-bond donors (Lipinski definition) is 2. The van der Waals surface area contributed by atoms with Gasteiger partial charge in [0.25, 0.3) is 5.91 Å². The van der Waals surface area contributed by atoms with Crippen LogP contribution in [0.3, 0.4) is 0 Å². The highest BCUT2D eigenvalue weighted by Gasteiger charge is 2.14. The van der Waals surface area contributed by atoms with E-state index in [1.54, 1.807) is 6.07 Å². The third-order valence-corrected chi connectivity index (χ3v) is 4.58. The molecule has 0 bridgehead atoms. The van der Waals surface area contributed by atoms with E-state index in [9.17, 15) is 4.79 Å². The van der Waals surface area contributed by atoms with Gasteiger partial charge >= 0.3 is 0 Å². The number of nitrogens with zero attached hydrogens (tertiary/aromatic N) is 1. The molecule has 4 nitrogen and oxygen atoms in total. The van der Waals surface area contributed by atoms with Crippen molar-refractivity contribution in [1.29, 1.82) is 0 Å². The quantitative estimate of drug-likeness (QED) is 0.547. The topological polar surface area (TPSA) is 57.8 Å². The van der Waals surface area contributed by atoms with Gasteiger partial charge in [0, 0.05) is 17.1 Å². The predicted octanol–water partition coefficient (Wildman–Crippen LogP) is 4.81. The van der Waals surface area contributed by atoms with Gasteiger partial charge in [0.15, 0.2) is 5.82 Å². The third-order valence-electron chi connectivity index (χ3n) is 4.21. The lowest BCUT2D eigenvalue weighted by Crippen LogP contribution is -2.24. The SMILES string of the molecule is O=C(NCc1ccccc1Cl)c1nc2c(-c3ccccc3)cccc2[nH]1. The van der Waals surface area contributed by atoms with Crippen LogP contribution in [0.2, 0.25) is 5.02 Å². The van der Waals surface area contributed by atoms with Crippen molar-refractivity contribution in [1.82, 2.24) is 15.3 Å². The van der Waals surface area contributed by atoms with Gasteiger partial charge < -0.3 is 10.3 Å². The molecule has 0 radical (unpaired) electrons. The van der Waals surface area contributed by atoms with Gasteiger partial charge in [-0.1, -0.05) is 72.3 Å². The molecule has 26 heavy (non-hydrogen) atoms. The molecular weight excluding hydrogens is 346 g/mol. The molecule has 3 aromatic carbocycles. The van der Waals surface area contributed by atoms with E-state index in [2.05, 4.69) is 15.3 Å². The summed E-state index contributed by atoms with van der Waals surface area (Å²) in [6.45, 7) is 0.348. The fraction of sp³-hybridized carbons (Fsp3) is 0.0476. The standard InChI is InChI=1S/C21H16ClN3O/c22-17-11-5-4-9-15(17)13-23-21(26)20-24-18-12-6-10-16(19(18)25-20)14-7-2-1-3-8-14/h1-12H,13H2,(H,23,26)(H,24,25). The third kappa shape index (κ3) is 3.19. The highest BCUT2D eigenvalue weighted by Crippen LogP contribution is 2.27. The van der Waals surface area contributed by atoms with E-state index in [0.29, 0.717) is 11.6 Å². The summed E-state index contributed by atoms with van der Waals surface area (Å²) in [6, 6.07) is 23.3. The molecule has 0 fully saturated rings. The Morgan fingerprint density at radius 2 is 1.73 bits per heavy atom. The molecular formula is C21H16ClN3O. The molecule has 0 saturated heterocycles. The molecule has 0 aliphatic rings. The van der Waals surface area contributed by atoms with Crippen LogP contribution in [0.5, 0.6) is 0 Å². The Balaban J connectivity index is 1.61. The van der Waals surface area contributed by atoms with Crippen molar-refractivity contribution in [3.8, 4) is 11.1 Å². The van der Waals surface area contributed by atoms with Crippen LogP contribution in [0.15, 0.2) is 72.8 Å². The van der Waals surface area contributed by atoms with E-state index in [4.69, 9.17) is 11.6 Å². The summed E-state index contributed by atoms with van der Waals surface area (Å²) in [5.41, 5.74) is 4.52. The highest BCUT2D eigenvalue weighted by molar-refractivity contribution is 6.31. The first-order valence-electron chi connectivity index (χ1n) is 8.28. The molecule has 0 unspecified atom stereocenters. The zero-order valence-electron chi connectivity index (χ0n) is 13.9. The van der Waals surface area contributed by atoms with Gasteiger partial charge in [0.1, 0.15) is 0 Å². The van der Waals surface area contributed by atoms with Gasteiger partial charge in [-0.05, 0) is 23.3 Å². The number of H-pyrrole nitrogens is 1. The summed E-state index contributed by atoms with van der Waals surface area (Å²) < 4.78 is 0. The maximum atomic E-state index is 12.5. The zero-order valence-corrected chi connectivity index (χ0v) is 14.6. The van der Waals surface area contributed by atoms with Crippen molar-refractivity contribution < 1.29 is 4.79 Å². The second kappa shape index (κ2) is 7.02. The second-order valence-corrected chi connectivity index (χ2v) is 6.33. The molecule has 4 rings (SSSR count). The summed E-state index contributed by atoms with van der Waals surface area (Å²) in [6.07, 6.45) is 0. The Morgan fingerprint density at radius 1 is 0.962 bits per heavy atom. The lowest BCUT2D eigenvalue weighted by atomic mass is 10.0. The van der Waals surface area contributed by atoms with Crippen LogP contribution < -0.4 is 5.32 Å². The fourth-order valence-electron chi connectivity index (χ4n) is 2.89. The van der Waals surface area contributed by atoms with Crippen LogP contribution in [-0.2, 0) is 6.54 Å². The number of aromatic amines is 1. The number of aromatic nitrogens is 2. The van der Waals surface area contributed by atoms with Gasteiger partial charge in [-0.2, -0.15) is 0 Å². The van der Waals surface area contributed by atoms with Crippen LogP contribution in [0.25, 0.3) is 22.2 Å². The number of rotatable bonds is 4. The summed E-state index contributed by atoms with van der Waals surface area (Å²) in [4.78, 5) is 20.1. The molecule has 128 valence electrons. The number of fused-ring (bicyclic) bond motifs is 1. The number of para-hydroxylation sites is 1. The molecule has 0 atom stereocenters. The maximum Gasteiger partial charge on any atom is 0.287 e. The first-order chi connectivity index (χ1) is 12.7. The molecule has 1 aromatic heterocycles. The molecule has 2 N–H and O–H groups in total. The van der Waals surface area contributed by atoms with Crippen LogP contribution in [-0.4, -0.2) is 15.9 Å². The lowest BCUT2D eigenvalue weighted by molar-refractivity contribution is 0.0942. The van der Waals surface area contributed by atoms with Crippen molar-refractivity contribution >= 4 is 28.5 Å². The monoisotopic (exact) mass is 361 g/mol. The maximum absolute atomic E-state index is 12.5. The summed E-state index contributed by atoms with van der Waals surface area (Å²) in [5.74, 6) is 0.0237. The summed E-state index contributed by atoms with van der Waals surface area (Å²) in [5, 5.41) is 3.49. The van der Waals surface area contributed by atoms with Gasteiger partial charge in [0.05, 0.1) is 11.0 Å². The number of carbonyl (C=O) groups is 1. The molecule has 0 aliphatic carbocycles. The average molecular weight is 362 g/mol. The lowest BCUT2D eigenvalue weighted by Gasteiger charge is -2.05. The Morgan fingerprint density at radius 3 is 2.54 bits per heavy atom. The average Bonchev–Trinajstić information content (AvgIpc) is 3.12. The van der Waals surface area contributed by atoms with Crippen LogP contribution in [0.4, 0.5) is 0 Å². The second-order valence-electron chi connectivity index (χ2n) is 5.93. The Hall–Kier alpha value is -3.11. The van der Waals surface area contributed by atoms with E-state index in [1.807, 2.05) is 66.7 Å². The van der Waals surface area contributed by atoms with Crippen molar-refractivity contribution in [2.75, 3.05) is 0 Å². The van der Waals surface area contributed by atoms with Crippen LogP contribution in [0.1, 0.15) is 16.2 Å². The zero-order chi connectivity index (χ0) is 17.9. The van der Waals surface area contributed by atoms with Gasteiger partial charge in [0.2, 0.25) is 0 Å². The summed E-state index contributed by atoms with van der Waals surface area (Å²) >= 11 is 6.13. The number of amides is 1. The van der Waals surface area contributed by atoms with Gasteiger partial charge in [-0.15, -0.1) is 0 Å². The van der Waals surface area contributed by atoms with E-state index >= 15 is 0 Å². The largest absolute Gasteiger partial charge is 0.345 e. The minimum absolute atomic E-state index is 0.264. The molecule has 5 heteroatoms. The van der Waals surface area contributed by atoms with Crippen molar-refractivity contribution in [3.63, 3.8) is 0 Å². The number of carbonyl (C=O) groups excluding carboxylic acids is 1. The van der Waals surface area contributed by atoms with Crippen LogP contribution >= 0.6 is 11.6 Å². The minimum Gasteiger partial charge on any atom is -0.345 e. The van der Waals surface area contributed by atoms with Gasteiger partial charge in [-0.3, -0.25) is 4.79 Å². The van der Waals surface area contributed by atoms with Crippen molar-refractivity contribution in [3.05, 3.63) is 89.2 Å². The van der Waals surface area contributed by atoms with E-state index in [0.717, 1.165) is 27.7 Å². The van der Waals surface area contributed by atoms with E-state index in [1.165, 1.54) is 0 Å². The Bertz CT molecular complexity index is 1070.